The molecule has 0 saturated carbocycles. The second kappa shape index (κ2) is 4.48. The third kappa shape index (κ3) is 2.02. The number of hydrogen-bond donors (Lipinski definition) is 0. The Kier molecular flexibility index (Phi) is 2.61. The predicted molar refractivity (Wildman–Crippen MR) is 82.8 cm³/mol. The Hall–Kier alpha value is -2.55. The lowest BCUT2D eigenvalue weighted by Crippen LogP contribution is -2.12. The fraction of sp³-hybridized carbons (Fsp3) is 0.167. The SMILES string of the molecule is Cc1ccc(-c2cn3c(n2)COc2ccc(C)cc2-3)cc1. The molecule has 3 nitrogen and oxygen atoms in total. The molecule has 2 aromatic carbocycles. The van der Waals surface area contributed by atoms with Gasteiger partial charge in [0.1, 0.15) is 12.4 Å². The van der Waals surface area contributed by atoms with Crippen LogP contribution < -0.4 is 4.74 Å². The summed E-state index contributed by atoms with van der Waals surface area (Å²) >= 11 is 0. The van der Waals surface area contributed by atoms with Crippen molar-refractivity contribution >= 4 is 0 Å². The summed E-state index contributed by atoms with van der Waals surface area (Å²) in [7, 11) is 0. The van der Waals surface area contributed by atoms with Crippen LogP contribution in [0.25, 0.3) is 16.9 Å². The highest BCUT2D eigenvalue weighted by Gasteiger charge is 2.19. The van der Waals surface area contributed by atoms with E-state index in [1.807, 2.05) is 6.07 Å². The fourth-order valence-corrected chi connectivity index (χ4v) is 2.67. The van der Waals surface area contributed by atoms with Crippen molar-refractivity contribution in [3.8, 4) is 22.7 Å². The highest BCUT2D eigenvalue weighted by molar-refractivity contribution is 5.61. The molecule has 0 unspecified atom stereocenters. The van der Waals surface area contributed by atoms with E-state index in [9.17, 15) is 0 Å². The molecule has 3 aromatic rings. The first-order valence-electron chi connectivity index (χ1n) is 7.10. The largest absolute Gasteiger partial charge is 0.483 e. The van der Waals surface area contributed by atoms with E-state index < -0.39 is 0 Å². The first-order valence-corrected chi connectivity index (χ1v) is 7.10. The van der Waals surface area contributed by atoms with Crippen molar-refractivity contribution < 1.29 is 4.74 Å². The monoisotopic (exact) mass is 276 g/mol. The standard InChI is InChI=1S/C18H16N2O/c1-12-3-6-14(7-4-12)15-10-20-16-9-13(2)5-8-17(16)21-11-18(20)19-15/h3-10H,11H2,1-2H3. The first kappa shape index (κ1) is 12.2. The Balaban J connectivity index is 1.84. The maximum absolute atomic E-state index is 5.79. The van der Waals surface area contributed by atoms with Gasteiger partial charge in [0, 0.05) is 11.8 Å². The molecule has 104 valence electrons. The zero-order chi connectivity index (χ0) is 14.4. The van der Waals surface area contributed by atoms with Gasteiger partial charge in [-0.15, -0.1) is 0 Å². The Morgan fingerprint density at radius 1 is 1.00 bits per heavy atom. The molecule has 21 heavy (non-hydrogen) atoms. The first-order chi connectivity index (χ1) is 10.2. The van der Waals surface area contributed by atoms with Gasteiger partial charge in [-0.25, -0.2) is 4.98 Å². The van der Waals surface area contributed by atoms with E-state index >= 15 is 0 Å². The molecule has 0 atom stereocenters. The molecular formula is C18H16N2O. The lowest BCUT2D eigenvalue weighted by Gasteiger charge is -2.19. The molecule has 3 heteroatoms. The van der Waals surface area contributed by atoms with E-state index in [1.54, 1.807) is 0 Å². The Morgan fingerprint density at radius 3 is 2.57 bits per heavy atom. The maximum Gasteiger partial charge on any atom is 0.152 e. The predicted octanol–water partition coefficient (Wildman–Crippen LogP) is 4.05. The molecule has 1 aliphatic heterocycles. The Labute approximate surface area is 123 Å². The molecule has 0 spiro atoms. The van der Waals surface area contributed by atoms with Gasteiger partial charge in [-0.1, -0.05) is 35.9 Å². The summed E-state index contributed by atoms with van der Waals surface area (Å²) in [5.74, 6) is 1.87. The number of fused-ring (bicyclic) bond motifs is 3. The molecule has 0 saturated heterocycles. The molecule has 0 N–H and O–H groups in total. The minimum absolute atomic E-state index is 0.516. The number of rotatable bonds is 1. The van der Waals surface area contributed by atoms with Crippen molar-refractivity contribution in [2.75, 3.05) is 0 Å². The molecule has 1 aliphatic rings. The van der Waals surface area contributed by atoms with Crippen LogP contribution in [0.2, 0.25) is 0 Å². The summed E-state index contributed by atoms with van der Waals surface area (Å²) in [5, 5.41) is 0. The summed E-state index contributed by atoms with van der Waals surface area (Å²) in [6.07, 6.45) is 2.10. The van der Waals surface area contributed by atoms with Crippen molar-refractivity contribution in [2.45, 2.75) is 20.5 Å². The van der Waals surface area contributed by atoms with E-state index in [0.29, 0.717) is 6.61 Å². The average molecular weight is 276 g/mol. The van der Waals surface area contributed by atoms with Gasteiger partial charge in [0.05, 0.1) is 11.4 Å². The number of nitrogens with zero attached hydrogens (tertiary/aromatic N) is 2. The maximum atomic E-state index is 5.79. The zero-order valence-electron chi connectivity index (χ0n) is 12.1. The van der Waals surface area contributed by atoms with Crippen LogP contribution in [0.15, 0.2) is 48.7 Å². The number of aryl methyl sites for hydroxylation is 2. The quantitative estimate of drug-likeness (QED) is 0.670. The third-order valence-corrected chi connectivity index (χ3v) is 3.86. The molecular weight excluding hydrogens is 260 g/mol. The molecule has 0 fully saturated rings. The number of benzene rings is 2. The molecule has 0 aliphatic carbocycles. The van der Waals surface area contributed by atoms with Crippen LogP contribution in [0.3, 0.4) is 0 Å². The van der Waals surface area contributed by atoms with Crippen molar-refractivity contribution in [2.24, 2.45) is 0 Å². The highest BCUT2D eigenvalue weighted by atomic mass is 16.5. The van der Waals surface area contributed by atoms with Gasteiger partial charge in [-0.05, 0) is 31.5 Å². The molecule has 0 radical (unpaired) electrons. The van der Waals surface area contributed by atoms with Crippen LogP contribution in [-0.2, 0) is 6.61 Å². The summed E-state index contributed by atoms with van der Waals surface area (Å²) in [4.78, 5) is 4.72. The summed E-state index contributed by atoms with van der Waals surface area (Å²) in [6.45, 7) is 4.70. The van der Waals surface area contributed by atoms with Crippen molar-refractivity contribution in [1.82, 2.24) is 9.55 Å². The topological polar surface area (TPSA) is 27.1 Å². The van der Waals surface area contributed by atoms with Crippen LogP contribution in [0, 0.1) is 13.8 Å². The van der Waals surface area contributed by atoms with E-state index in [0.717, 1.165) is 28.5 Å². The van der Waals surface area contributed by atoms with Gasteiger partial charge in [-0.2, -0.15) is 0 Å². The van der Waals surface area contributed by atoms with Crippen LogP contribution in [-0.4, -0.2) is 9.55 Å². The summed E-state index contributed by atoms with van der Waals surface area (Å²) in [5.41, 5.74) is 5.67. The Morgan fingerprint density at radius 2 is 1.76 bits per heavy atom. The van der Waals surface area contributed by atoms with E-state index in [4.69, 9.17) is 9.72 Å². The van der Waals surface area contributed by atoms with Gasteiger partial charge in [0.25, 0.3) is 0 Å². The average Bonchev–Trinajstić information content (AvgIpc) is 2.92. The normalized spacial score (nSPS) is 12.5. The van der Waals surface area contributed by atoms with Gasteiger partial charge in [0.2, 0.25) is 0 Å². The minimum atomic E-state index is 0.516. The third-order valence-electron chi connectivity index (χ3n) is 3.86. The number of imidazole rings is 1. The molecule has 1 aromatic heterocycles. The van der Waals surface area contributed by atoms with Gasteiger partial charge >= 0.3 is 0 Å². The zero-order valence-corrected chi connectivity index (χ0v) is 12.1. The van der Waals surface area contributed by atoms with Crippen LogP contribution >= 0.6 is 0 Å². The van der Waals surface area contributed by atoms with Gasteiger partial charge in [-0.3, -0.25) is 4.57 Å². The van der Waals surface area contributed by atoms with Crippen LogP contribution in [0.1, 0.15) is 17.0 Å². The van der Waals surface area contributed by atoms with Crippen molar-refractivity contribution in [1.29, 1.82) is 0 Å². The van der Waals surface area contributed by atoms with E-state index in [1.165, 1.54) is 11.1 Å². The van der Waals surface area contributed by atoms with Crippen LogP contribution in [0.5, 0.6) is 5.75 Å². The van der Waals surface area contributed by atoms with E-state index in [2.05, 4.69) is 61.0 Å². The number of aromatic nitrogens is 2. The lowest BCUT2D eigenvalue weighted by molar-refractivity contribution is 0.279. The lowest BCUT2D eigenvalue weighted by atomic mass is 10.1. The molecule has 2 heterocycles. The molecule has 0 amide bonds. The summed E-state index contributed by atoms with van der Waals surface area (Å²) < 4.78 is 7.93. The van der Waals surface area contributed by atoms with E-state index in [-0.39, 0.29) is 0 Å². The fourth-order valence-electron chi connectivity index (χ4n) is 2.67. The van der Waals surface area contributed by atoms with Crippen LogP contribution in [0.4, 0.5) is 0 Å². The Bertz CT molecular complexity index is 816. The van der Waals surface area contributed by atoms with Gasteiger partial charge in [0.15, 0.2) is 5.82 Å². The minimum Gasteiger partial charge on any atom is -0.483 e. The van der Waals surface area contributed by atoms with Crippen molar-refractivity contribution in [3.05, 3.63) is 65.6 Å². The smallest absolute Gasteiger partial charge is 0.152 e. The molecule has 0 bridgehead atoms. The van der Waals surface area contributed by atoms with Crippen molar-refractivity contribution in [3.63, 3.8) is 0 Å². The second-order valence-corrected chi connectivity index (χ2v) is 5.54. The van der Waals surface area contributed by atoms with Gasteiger partial charge < -0.3 is 4.74 Å². The number of ether oxygens (including phenoxy) is 1. The number of hydrogen-bond acceptors (Lipinski definition) is 2. The molecule has 4 rings (SSSR count). The summed E-state index contributed by atoms with van der Waals surface area (Å²) in [6, 6.07) is 14.7. The second-order valence-electron chi connectivity index (χ2n) is 5.54. The highest BCUT2D eigenvalue weighted by Crippen LogP contribution is 2.32.